The Morgan fingerprint density at radius 1 is 1.00 bits per heavy atom. The predicted octanol–water partition coefficient (Wildman–Crippen LogP) is 5.47. The number of aromatic nitrogens is 1. The third-order valence-electron chi connectivity index (χ3n) is 6.79. The molecule has 2 aliphatic rings. The van der Waals surface area contributed by atoms with Crippen molar-refractivity contribution in [3.8, 4) is 11.3 Å². The summed E-state index contributed by atoms with van der Waals surface area (Å²) >= 11 is 0. The number of nitrogens with one attached hydrogen (secondary N) is 1. The molecule has 0 atom stereocenters. The minimum Gasteiger partial charge on any atom is -0.481 e. The number of pyridine rings is 1. The van der Waals surface area contributed by atoms with Gasteiger partial charge in [0.15, 0.2) is 0 Å². The summed E-state index contributed by atoms with van der Waals surface area (Å²) in [5, 5.41) is 11.8. The lowest BCUT2D eigenvalue weighted by Crippen LogP contribution is -2.23. The second-order valence-corrected chi connectivity index (χ2v) is 9.11. The highest BCUT2D eigenvalue weighted by molar-refractivity contribution is 5.84. The zero-order valence-corrected chi connectivity index (χ0v) is 18.9. The Kier molecular flexibility index (Phi) is 7.94. The highest BCUT2D eigenvalue weighted by Gasteiger charge is 2.25. The Balaban J connectivity index is 1.35. The van der Waals surface area contributed by atoms with E-state index in [0.29, 0.717) is 24.1 Å². The highest BCUT2D eigenvalue weighted by Crippen LogP contribution is 2.40. The van der Waals surface area contributed by atoms with Crippen molar-refractivity contribution in [3.05, 3.63) is 48.2 Å². The van der Waals surface area contributed by atoms with Gasteiger partial charge in [-0.1, -0.05) is 24.3 Å². The van der Waals surface area contributed by atoms with Gasteiger partial charge in [-0.25, -0.2) is 4.79 Å². The van der Waals surface area contributed by atoms with E-state index in [1.165, 1.54) is 5.56 Å². The average Bonchev–Trinajstić information content (AvgIpc) is 2.84. The number of rotatable bonds is 7. The number of carboxylic acid groups (broad SMARTS) is 1. The maximum Gasteiger partial charge on any atom is 0.411 e. The fourth-order valence-electron chi connectivity index (χ4n) is 4.90. The summed E-state index contributed by atoms with van der Waals surface area (Å²) < 4.78 is 10.7. The molecule has 4 rings (SSSR count). The number of hydrogen-bond acceptors (Lipinski definition) is 5. The summed E-state index contributed by atoms with van der Waals surface area (Å²) in [7, 11) is 0. The molecule has 1 aromatic carbocycles. The molecule has 2 heterocycles. The first-order valence-electron chi connectivity index (χ1n) is 11.9. The van der Waals surface area contributed by atoms with Crippen LogP contribution in [0.3, 0.4) is 0 Å². The SMILES string of the molecule is O=C(O)CC1CCC(c2ccccc2-c2ccc(NC(=O)OCC3CCOCC3)cn2)CC1. The van der Waals surface area contributed by atoms with Crippen LogP contribution >= 0.6 is 0 Å². The Hall–Kier alpha value is -2.93. The van der Waals surface area contributed by atoms with Crippen molar-refractivity contribution in [1.82, 2.24) is 4.98 Å². The normalized spacial score (nSPS) is 21.3. The molecule has 7 heteroatoms. The van der Waals surface area contributed by atoms with Crippen LogP contribution in [0.2, 0.25) is 0 Å². The molecule has 2 fully saturated rings. The third kappa shape index (κ3) is 6.54. The molecular formula is C26H32N2O5. The molecule has 0 unspecified atom stereocenters. The molecule has 1 aromatic heterocycles. The maximum absolute atomic E-state index is 12.1. The number of aliphatic carboxylic acids is 1. The smallest absolute Gasteiger partial charge is 0.411 e. The van der Waals surface area contributed by atoms with Crippen LogP contribution in [0.4, 0.5) is 10.5 Å². The Bertz CT molecular complexity index is 932. The van der Waals surface area contributed by atoms with E-state index in [9.17, 15) is 9.59 Å². The molecule has 2 aromatic rings. The summed E-state index contributed by atoms with van der Waals surface area (Å²) in [5.74, 6) is 0.344. The lowest BCUT2D eigenvalue weighted by Gasteiger charge is -2.29. The van der Waals surface area contributed by atoms with Crippen LogP contribution < -0.4 is 5.32 Å². The molecule has 1 aliphatic heterocycles. The third-order valence-corrected chi connectivity index (χ3v) is 6.79. The minimum atomic E-state index is -0.704. The van der Waals surface area contributed by atoms with Gasteiger partial charge in [0.2, 0.25) is 0 Å². The second kappa shape index (κ2) is 11.3. The fourth-order valence-corrected chi connectivity index (χ4v) is 4.90. The van der Waals surface area contributed by atoms with E-state index in [-0.39, 0.29) is 12.3 Å². The van der Waals surface area contributed by atoms with Gasteiger partial charge in [0.25, 0.3) is 0 Å². The number of carboxylic acids is 1. The number of benzene rings is 1. The highest BCUT2D eigenvalue weighted by atomic mass is 16.5. The van der Waals surface area contributed by atoms with Gasteiger partial charge in [-0.15, -0.1) is 0 Å². The number of ether oxygens (including phenoxy) is 2. The van der Waals surface area contributed by atoms with Crippen molar-refractivity contribution in [3.63, 3.8) is 0 Å². The van der Waals surface area contributed by atoms with Crippen LogP contribution in [0.5, 0.6) is 0 Å². The van der Waals surface area contributed by atoms with E-state index in [1.54, 1.807) is 6.20 Å². The molecule has 2 N–H and O–H groups in total. The predicted molar refractivity (Wildman–Crippen MR) is 125 cm³/mol. The first kappa shape index (κ1) is 23.2. The first-order valence-corrected chi connectivity index (χ1v) is 11.9. The van der Waals surface area contributed by atoms with E-state index < -0.39 is 12.1 Å². The van der Waals surface area contributed by atoms with Crippen LogP contribution in [0.1, 0.15) is 56.4 Å². The molecule has 176 valence electrons. The summed E-state index contributed by atoms with van der Waals surface area (Å²) in [5.41, 5.74) is 3.81. The molecule has 33 heavy (non-hydrogen) atoms. The van der Waals surface area contributed by atoms with Crippen molar-refractivity contribution < 1.29 is 24.2 Å². The number of hydrogen-bond donors (Lipinski definition) is 2. The second-order valence-electron chi connectivity index (χ2n) is 9.11. The summed E-state index contributed by atoms with van der Waals surface area (Å²) in [6.45, 7) is 1.86. The summed E-state index contributed by atoms with van der Waals surface area (Å²) in [6.07, 6.45) is 7.17. The van der Waals surface area contributed by atoms with Gasteiger partial charge >= 0.3 is 12.1 Å². The quantitative estimate of drug-likeness (QED) is 0.578. The number of anilines is 1. The Morgan fingerprint density at radius 2 is 1.76 bits per heavy atom. The van der Waals surface area contributed by atoms with Gasteiger partial charge < -0.3 is 14.6 Å². The van der Waals surface area contributed by atoms with Gasteiger partial charge in [-0.05, 0) is 74.0 Å². The average molecular weight is 453 g/mol. The number of nitrogens with zero attached hydrogens (tertiary/aromatic N) is 1. The Labute approximate surface area is 194 Å². The molecule has 0 radical (unpaired) electrons. The molecule has 0 spiro atoms. The van der Waals surface area contributed by atoms with Gasteiger partial charge in [-0.2, -0.15) is 0 Å². The van der Waals surface area contributed by atoms with Crippen LogP contribution in [-0.4, -0.2) is 42.0 Å². The van der Waals surface area contributed by atoms with E-state index in [4.69, 9.17) is 14.6 Å². The van der Waals surface area contributed by atoms with E-state index in [1.807, 2.05) is 24.3 Å². The molecule has 1 saturated carbocycles. The molecule has 1 saturated heterocycles. The molecule has 1 aliphatic carbocycles. The summed E-state index contributed by atoms with van der Waals surface area (Å²) in [6, 6.07) is 12.1. The topological polar surface area (TPSA) is 97.8 Å². The van der Waals surface area contributed by atoms with Crippen molar-refractivity contribution in [2.24, 2.45) is 11.8 Å². The largest absolute Gasteiger partial charge is 0.481 e. The van der Waals surface area contributed by atoms with Crippen molar-refractivity contribution >= 4 is 17.7 Å². The minimum absolute atomic E-state index is 0.266. The van der Waals surface area contributed by atoms with Crippen LogP contribution in [-0.2, 0) is 14.3 Å². The molecule has 1 amide bonds. The van der Waals surface area contributed by atoms with Crippen LogP contribution in [0, 0.1) is 11.8 Å². The zero-order valence-electron chi connectivity index (χ0n) is 18.9. The molecule has 0 bridgehead atoms. The van der Waals surface area contributed by atoms with Crippen molar-refractivity contribution in [2.75, 3.05) is 25.1 Å². The maximum atomic E-state index is 12.1. The van der Waals surface area contributed by atoms with Crippen molar-refractivity contribution in [2.45, 2.75) is 50.9 Å². The zero-order chi connectivity index (χ0) is 23.0. The lowest BCUT2D eigenvalue weighted by atomic mass is 9.76. The molecular weight excluding hydrogens is 420 g/mol. The van der Waals surface area contributed by atoms with Gasteiger partial charge in [-0.3, -0.25) is 15.1 Å². The van der Waals surface area contributed by atoms with Gasteiger partial charge in [0.05, 0.1) is 24.2 Å². The number of carbonyl (C=O) groups is 2. The summed E-state index contributed by atoms with van der Waals surface area (Å²) in [4.78, 5) is 27.7. The molecule has 7 nitrogen and oxygen atoms in total. The van der Waals surface area contributed by atoms with E-state index >= 15 is 0 Å². The van der Waals surface area contributed by atoms with Crippen LogP contribution in [0.15, 0.2) is 42.6 Å². The Morgan fingerprint density at radius 3 is 2.45 bits per heavy atom. The van der Waals surface area contributed by atoms with Gasteiger partial charge in [0, 0.05) is 25.2 Å². The van der Waals surface area contributed by atoms with Gasteiger partial charge in [0.1, 0.15) is 0 Å². The standard InChI is InChI=1S/C26H32N2O5/c29-25(30)15-18-5-7-20(8-6-18)22-3-1-2-4-23(22)24-10-9-21(16-27-24)28-26(31)33-17-19-11-13-32-14-12-19/h1-4,9-10,16,18-20H,5-8,11-15,17H2,(H,28,31)(H,29,30). The number of carbonyl (C=O) groups excluding carboxylic acids is 1. The monoisotopic (exact) mass is 452 g/mol. The van der Waals surface area contributed by atoms with Crippen LogP contribution in [0.25, 0.3) is 11.3 Å². The van der Waals surface area contributed by atoms with E-state index in [2.05, 4.69) is 22.4 Å². The van der Waals surface area contributed by atoms with Crippen molar-refractivity contribution in [1.29, 1.82) is 0 Å². The van der Waals surface area contributed by atoms with E-state index in [0.717, 1.165) is 63.0 Å². The lowest BCUT2D eigenvalue weighted by molar-refractivity contribution is -0.138. The first-order chi connectivity index (χ1) is 16.1. The number of amides is 1. The fraction of sp³-hybridized carbons (Fsp3) is 0.500.